The van der Waals surface area contributed by atoms with Gasteiger partial charge in [-0.15, -0.1) is 0 Å². The molecule has 0 unspecified atom stereocenters. The number of nitrogens with zero attached hydrogens (tertiary/aromatic N) is 4. The Morgan fingerprint density at radius 3 is 2.62 bits per heavy atom. The van der Waals surface area contributed by atoms with Crippen molar-refractivity contribution in [3.05, 3.63) is 35.8 Å². The van der Waals surface area contributed by atoms with Gasteiger partial charge in [-0.05, 0) is 38.5 Å². The molecular weight excluding hydrogens is 395 g/mol. The van der Waals surface area contributed by atoms with Gasteiger partial charge in [0.1, 0.15) is 21.5 Å². The fourth-order valence-electron chi connectivity index (χ4n) is 2.81. The third-order valence-corrected chi connectivity index (χ3v) is 5.49. The summed E-state index contributed by atoms with van der Waals surface area (Å²) in [6.45, 7) is 5.18. The lowest BCUT2D eigenvalue weighted by Crippen LogP contribution is -2.26. The van der Waals surface area contributed by atoms with Gasteiger partial charge < -0.3 is 14.6 Å². The van der Waals surface area contributed by atoms with Gasteiger partial charge in [0.25, 0.3) is 5.88 Å². The summed E-state index contributed by atoms with van der Waals surface area (Å²) >= 11 is 1.31. The van der Waals surface area contributed by atoms with Crippen LogP contribution in [0.1, 0.15) is 19.4 Å². The zero-order chi connectivity index (χ0) is 20.7. The Hall–Kier alpha value is -2.91. The first kappa shape index (κ1) is 19.4. The Morgan fingerprint density at radius 2 is 1.90 bits per heavy atom. The van der Waals surface area contributed by atoms with Gasteiger partial charge >= 0.3 is 0 Å². The fourth-order valence-corrected chi connectivity index (χ4v) is 3.74. The largest absolute Gasteiger partial charge is 0.480 e. The van der Waals surface area contributed by atoms with E-state index < -0.39 is 18.0 Å². The van der Waals surface area contributed by atoms with Crippen molar-refractivity contribution in [2.24, 2.45) is 0 Å². The average Bonchev–Trinajstić information content (AvgIpc) is 3.09. The first-order chi connectivity index (χ1) is 13.9. The maximum absolute atomic E-state index is 14.4. The second-order valence-electron chi connectivity index (χ2n) is 6.77. The third-order valence-electron chi connectivity index (χ3n) is 4.49. The number of aromatic nitrogens is 4. The van der Waals surface area contributed by atoms with Crippen LogP contribution < -0.4 is 9.47 Å². The van der Waals surface area contributed by atoms with E-state index in [9.17, 15) is 9.50 Å². The summed E-state index contributed by atoms with van der Waals surface area (Å²) in [5.74, 6) is -0.351. The fraction of sp³-hybridized carbons (Fsp3) is 0.300. The highest BCUT2D eigenvalue weighted by molar-refractivity contribution is 7.21. The lowest BCUT2D eigenvalue weighted by Gasteiger charge is -2.16. The highest BCUT2D eigenvalue weighted by Gasteiger charge is 2.19. The molecule has 0 aliphatic heterocycles. The molecule has 0 aliphatic carbocycles. The molecule has 3 heterocycles. The van der Waals surface area contributed by atoms with Crippen LogP contribution in [0.25, 0.3) is 32.0 Å². The predicted octanol–water partition coefficient (Wildman–Crippen LogP) is 3.91. The maximum Gasteiger partial charge on any atom is 0.252 e. The molecule has 2 atom stereocenters. The summed E-state index contributed by atoms with van der Waals surface area (Å²) in [4.78, 5) is 18.3. The summed E-state index contributed by atoms with van der Waals surface area (Å²) in [5.41, 5.74) is 3.57. The number of pyridine rings is 1. The normalized spacial score (nSPS) is 13.6. The second kappa shape index (κ2) is 7.49. The van der Waals surface area contributed by atoms with E-state index in [0.717, 1.165) is 11.1 Å². The van der Waals surface area contributed by atoms with Gasteiger partial charge in [-0.3, -0.25) is 0 Å². The molecular formula is C20H19FN4O3S. The average molecular weight is 414 g/mol. The molecule has 150 valence electrons. The van der Waals surface area contributed by atoms with Gasteiger partial charge in [0, 0.05) is 11.6 Å². The molecule has 3 aromatic heterocycles. The number of aliphatic hydroxyl groups excluding tert-OH is 1. The molecule has 0 aliphatic rings. The highest BCUT2D eigenvalue weighted by atomic mass is 32.1. The van der Waals surface area contributed by atoms with Crippen molar-refractivity contribution >= 4 is 32.7 Å². The Kier molecular flexibility index (Phi) is 5.01. The molecule has 0 radical (unpaired) electrons. The molecule has 0 spiro atoms. The van der Waals surface area contributed by atoms with Crippen LogP contribution in [0.5, 0.6) is 11.8 Å². The molecule has 4 rings (SSSR count). The lowest BCUT2D eigenvalue weighted by atomic mass is 10.1. The number of rotatable bonds is 5. The van der Waals surface area contributed by atoms with Crippen LogP contribution in [0.2, 0.25) is 0 Å². The van der Waals surface area contributed by atoms with Gasteiger partial charge in [-0.25, -0.2) is 19.3 Å². The Morgan fingerprint density at radius 1 is 1.10 bits per heavy atom. The van der Waals surface area contributed by atoms with Crippen LogP contribution in [0.15, 0.2) is 24.4 Å². The molecule has 0 saturated heterocycles. The minimum Gasteiger partial charge on any atom is -0.480 e. The predicted molar refractivity (Wildman–Crippen MR) is 109 cm³/mol. The van der Waals surface area contributed by atoms with E-state index in [1.807, 2.05) is 19.1 Å². The summed E-state index contributed by atoms with van der Waals surface area (Å²) in [7, 11) is 1.54. The van der Waals surface area contributed by atoms with Crippen molar-refractivity contribution in [3.8, 4) is 22.3 Å². The summed E-state index contributed by atoms with van der Waals surface area (Å²) < 4.78 is 25.0. The number of thiazole rings is 1. The Balaban J connectivity index is 1.82. The molecule has 0 bridgehead atoms. The highest BCUT2D eigenvalue weighted by Crippen LogP contribution is 2.35. The number of aliphatic hydroxyl groups is 1. The molecule has 4 aromatic rings. The SMILES string of the molecule is COc1cnc2c(-c3nc4cc(F)c(O[C@@H](C)[C@@H](C)O)nc4s3)cc(C)cc2n1. The number of ether oxygens (including phenoxy) is 2. The maximum atomic E-state index is 14.4. The standard InChI is InChI=1S/C20H19FN4O3S/c1-9-5-12(17-14(6-9)23-16(27-4)8-22-17)19-24-15-7-13(21)18(25-20(15)29-19)28-11(3)10(2)26/h5-8,10-11,26H,1-4H3/t10-,11+/m1/s1. The van der Waals surface area contributed by atoms with Crippen molar-refractivity contribution in [1.29, 1.82) is 0 Å². The number of benzene rings is 1. The summed E-state index contributed by atoms with van der Waals surface area (Å²) in [5, 5.41) is 10.2. The van der Waals surface area contributed by atoms with Crippen molar-refractivity contribution in [3.63, 3.8) is 0 Å². The zero-order valence-electron chi connectivity index (χ0n) is 16.3. The van der Waals surface area contributed by atoms with Crippen molar-refractivity contribution in [2.45, 2.75) is 33.0 Å². The molecule has 29 heavy (non-hydrogen) atoms. The minimum atomic E-state index is -0.752. The van der Waals surface area contributed by atoms with E-state index in [4.69, 9.17) is 9.47 Å². The quantitative estimate of drug-likeness (QED) is 0.529. The Bertz CT molecular complexity index is 1210. The van der Waals surface area contributed by atoms with E-state index in [0.29, 0.717) is 32.3 Å². The molecule has 7 nitrogen and oxygen atoms in total. The topological polar surface area (TPSA) is 90.3 Å². The van der Waals surface area contributed by atoms with E-state index in [1.54, 1.807) is 27.2 Å². The van der Waals surface area contributed by atoms with Crippen molar-refractivity contribution in [1.82, 2.24) is 19.9 Å². The number of hydrogen-bond donors (Lipinski definition) is 1. The zero-order valence-corrected chi connectivity index (χ0v) is 17.1. The molecule has 0 fully saturated rings. The van der Waals surface area contributed by atoms with Crippen molar-refractivity contribution in [2.75, 3.05) is 7.11 Å². The Labute approximate surface area is 170 Å². The third kappa shape index (κ3) is 3.70. The number of methoxy groups -OCH3 is 1. The van der Waals surface area contributed by atoms with Gasteiger partial charge in [0.2, 0.25) is 5.88 Å². The van der Waals surface area contributed by atoms with Crippen molar-refractivity contribution < 1.29 is 19.0 Å². The number of halogens is 1. The summed E-state index contributed by atoms with van der Waals surface area (Å²) in [6, 6.07) is 5.17. The van der Waals surface area contributed by atoms with Crippen LogP contribution in [0.4, 0.5) is 4.39 Å². The smallest absolute Gasteiger partial charge is 0.252 e. The number of hydrogen-bond acceptors (Lipinski definition) is 8. The van der Waals surface area contributed by atoms with Gasteiger partial charge in [-0.1, -0.05) is 11.3 Å². The minimum absolute atomic E-state index is 0.153. The molecule has 9 heteroatoms. The van der Waals surface area contributed by atoms with E-state index in [2.05, 4.69) is 19.9 Å². The second-order valence-corrected chi connectivity index (χ2v) is 7.75. The molecule has 1 N–H and O–H groups in total. The van der Waals surface area contributed by atoms with E-state index in [1.165, 1.54) is 17.4 Å². The van der Waals surface area contributed by atoms with Crippen LogP contribution in [0.3, 0.4) is 0 Å². The van der Waals surface area contributed by atoms with Gasteiger partial charge in [-0.2, -0.15) is 4.98 Å². The van der Waals surface area contributed by atoms with E-state index >= 15 is 0 Å². The number of aryl methyl sites for hydroxylation is 1. The first-order valence-electron chi connectivity index (χ1n) is 8.99. The van der Waals surface area contributed by atoms with Crippen LogP contribution in [0, 0.1) is 12.7 Å². The monoisotopic (exact) mass is 414 g/mol. The van der Waals surface area contributed by atoms with Crippen LogP contribution >= 0.6 is 11.3 Å². The first-order valence-corrected chi connectivity index (χ1v) is 9.81. The van der Waals surface area contributed by atoms with Gasteiger partial charge in [0.15, 0.2) is 5.82 Å². The van der Waals surface area contributed by atoms with E-state index in [-0.39, 0.29) is 5.88 Å². The molecule has 0 amide bonds. The summed E-state index contributed by atoms with van der Waals surface area (Å²) in [6.07, 6.45) is 0.210. The molecule has 0 saturated carbocycles. The van der Waals surface area contributed by atoms with Crippen LogP contribution in [-0.4, -0.2) is 44.4 Å². The number of fused-ring (bicyclic) bond motifs is 2. The lowest BCUT2D eigenvalue weighted by molar-refractivity contribution is 0.0549. The molecule has 1 aromatic carbocycles. The van der Waals surface area contributed by atoms with Gasteiger partial charge in [0.05, 0.1) is 30.4 Å². The van der Waals surface area contributed by atoms with Crippen LogP contribution in [-0.2, 0) is 0 Å².